The van der Waals surface area contributed by atoms with E-state index in [4.69, 9.17) is 13.9 Å². The van der Waals surface area contributed by atoms with Crippen LogP contribution in [0, 0.1) is 5.92 Å². The van der Waals surface area contributed by atoms with Gasteiger partial charge in [0.2, 0.25) is 5.76 Å². The van der Waals surface area contributed by atoms with Gasteiger partial charge >= 0.3 is 5.97 Å². The molecule has 1 saturated carbocycles. The number of carbonyl (C=O) groups is 2. The van der Waals surface area contributed by atoms with E-state index in [1.807, 2.05) is 24.3 Å². The first-order valence-electron chi connectivity index (χ1n) is 9.68. The second-order valence-electron chi connectivity index (χ2n) is 7.20. The van der Waals surface area contributed by atoms with Crippen molar-refractivity contribution in [1.82, 2.24) is 5.32 Å². The van der Waals surface area contributed by atoms with E-state index in [1.54, 1.807) is 31.4 Å². The van der Waals surface area contributed by atoms with Crippen LogP contribution in [-0.4, -0.2) is 25.6 Å². The van der Waals surface area contributed by atoms with Crippen molar-refractivity contribution in [3.05, 3.63) is 76.1 Å². The zero-order chi connectivity index (χ0) is 21.1. The summed E-state index contributed by atoms with van der Waals surface area (Å²) in [6.45, 7) is -0.464. The molecule has 1 heterocycles. The SMILES string of the molecule is COc1ccc(C(NC(=O)COC(=O)c2cc(=O)c3ccccc3o2)C2CC2)cc1. The minimum Gasteiger partial charge on any atom is -0.497 e. The fraction of sp³-hybridized carbons (Fsp3) is 0.261. The Morgan fingerprint density at radius 2 is 1.87 bits per heavy atom. The van der Waals surface area contributed by atoms with E-state index in [0.29, 0.717) is 11.3 Å². The van der Waals surface area contributed by atoms with Crippen LogP contribution < -0.4 is 15.5 Å². The molecule has 1 aliphatic carbocycles. The normalized spacial score (nSPS) is 14.2. The minimum atomic E-state index is -0.861. The van der Waals surface area contributed by atoms with E-state index in [9.17, 15) is 14.4 Å². The Kier molecular flexibility index (Phi) is 5.52. The predicted molar refractivity (Wildman–Crippen MR) is 109 cm³/mol. The third kappa shape index (κ3) is 4.35. The highest BCUT2D eigenvalue weighted by Gasteiger charge is 2.33. The number of benzene rings is 2. The van der Waals surface area contributed by atoms with Gasteiger partial charge in [-0.2, -0.15) is 0 Å². The number of hydrogen-bond acceptors (Lipinski definition) is 6. The van der Waals surface area contributed by atoms with Crippen molar-refractivity contribution in [3.8, 4) is 5.75 Å². The molecule has 3 aromatic rings. The van der Waals surface area contributed by atoms with E-state index in [2.05, 4.69) is 5.32 Å². The Morgan fingerprint density at radius 1 is 1.13 bits per heavy atom. The Morgan fingerprint density at radius 3 is 2.57 bits per heavy atom. The summed E-state index contributed by atoms with van der Waals surface area (Å²) in [6, 6.07) is 15.1. The molecular weight excluding hydrogens is 386 g/mol. The largest absolute Gasteiger partial charge is 0.497 e. The molecule has 7 heteroatoms. The van der Waals surface area contributed by atoms with Crippen molar-refractivity contribution in [1.29, 1.82) is 0 Å². The van der Waals surface area contributed by atoms with Crippen LogP contribution in [-0.2, 0) is 9.53 Å². The summed E-state index contributed by atoms with van der Waals surface area (Å²) in [5.74, 6) is -0.415. The Bertz CT molecular complexity index is 1130. The van der Waals surface area contributed by atoms with Gasteiger partial charge in [0.1, 0.15) is 11.3 Å². The number of rotatable bonds is 7. The van der Waals surface area contributed by atoms with Crippen molar-refractivity contribution in [2.45, 2.75) is 18.9 Å². The lowest BCUT2D eigenvalue weighted by atomic mass is 10.0. The average molecular weight is 407 g/mol. The first-order valence-corrected chi connectivity index (χ1v) is 9.68. The van der Waals surface area contributed by atoms with Crippen LogP contribution in [0.25, 0.3) is 11.0 Å². The molecule has 1 aliphatic rings. The quantitative estimate of drug-likeness (QED) is 0.605. The Hall–Kier alpha value is -3.61. The van der Waals surface area contributed by atoms with E-state index in [-0.39, 0.29) is 22.8 Å². The lowest BCUT2D eigenvalue weighted by molar-refractivity contribution is -0.125. The van der Waals surface area contributed by atoms with Crippen LogP contribution in [0.1, 0.15) is 35.0 Å². The number of amides is 1. The molecule has 4 rings (SSSR count). The number of ether oxygens (including phenoxy) is 2. The molecule has 1 amide bonds. The molecule has 1 aromatic heterocycles. The molecule has 1 unspecified atom stereocenters. The standard InChI is InChI=1S/C23H21NO6/c1-28-16-10-8-15(9-11-16)22(14-6-7-14)24-21(26)13-29-23(27)20-12-18(25)17-4-2-3-5-19(17)30-20/h2-5,8-12,14,22H,6-7,13H2,1H3,(H,24,26). The Balaban J connectivity index is 1.40. The van der Waals surface area contributed by atoms with Crippen molar-refractivity contribution >= 4 is 22.8 Å². The van der Waals surface area contributed by atoms with Gasteiger partial charge < -0.3 is 19.2 Å². The van der Waals surface area contributed by atoms with Gasteiger partial charge in [-0.15, -0.1) is 0 Å². The maximum Gasteiger partial charge on any atom is 0.374 e. The number of hydrogen-bond donors (Lipinski definition) is 1. The highest BCUT2D eigenvalue weighted by Crippen LogP contribution is 2.41. The monoisotopic (exact) mass is 407 g/mol. The molecule has 0 radical (unpaired) electrons. The van der Waals surface area contributed by atoms with Gasteiger partial charge in [0.05, 0.1) is 18.5 Å². The first-order chi connectivity index (χ1) is 14.5. The molecule has 0 saturated heterocycles. The molecule has 0 aliphatic heterocycles. The van der Waals surface area contributed by atoms with Crippen LogP contribution in [0.3, 0.4) is 0 Å². The van der Waals surface area contributed by atoms with Gasteiger partial charge in [-0.05, 0) is 48.6 Å². The fourth-order valence-electron chi connectivity index (χ4n) is 3.34. The molecular formula is C23H21NO6. The van der Waals surface area contributed by atoms with E-state index in [1.165, 1.54) is 0 Å². The second-order valence-corrected chi connectivity index (χ2v) is 7.20. The highest BCUT2D eigenvalue weighted by atomic mass is 16.5. The lowest BCUT2D eigenvalue weighted by Crippen LogP contribution is -2.33. The van der Waals surface area contributed by atoms with Crippen LogP contribution in [0.5, 0.6) is 5.75 Å². The number of carbonyl (C=O) groups excluding carboxylic acids is 2. The fourth-order valence-corrected chi connectivity index (χ4v) is 3.34. The first kappa shape index (κ1) is 19.7. The van der Waals surface area contributed by atoms with Crippen molar-refractivity contribution in [2.75, 3.05) is 13.7 Å². The summed E-state index contributed by atoms with van der Waals surface area (Å²) < 4.78 is 15.7. The maximum atomic E-state index is 12.4. The number of fused-ring (bicyclic) bond motifs is 1. The molecule has 0 spiro atoms. The third-order valence-corrected chi connectivity index (χ3v) is 5.05. The number of nitrogens with one attached hydrogen (secondary N) is 1. The summed E-state index contributed by atoms with van der Waals surface area (Å²) in [4.78, 5) is 36.8. The van der Waals surface area contributed by atoms with E-state index in [0.717, 1.165) is 30.2 Å². The highest BCUT2D eigenvalue weighted by molar-refractivity contribution is 5.90. The topological polar surface area (TPSA) is 94.8 Å². The van der Waals surface area contributed by atoms with Crippen LogP contribution in [0.2, 0.25) is 0 Å². The maximum absolute atomic E-state index is 12.4. The van der Waals surface area contributed by atoms with Crippen molar-refractivity contribution < 1.29 is 23.5 Å². The minimum absolute atomic E-state index is 0.152. The zero-order valence-corrected chi connectivity index (χ0v) is 16.4. The second kappa shape index (κ2) is 8.41. The molecule has 2 aromatic carbocycles. The van der Waals surface area contributed by atoms with E-state index >= 15 is 0 Å². The van der Waals surface area contributed by atoms with Gasteiger partial charge in [-0.25, -0.2) is 4.79 Å². The molecule has 0 bridgehead atoms. The molecule has 1 N–H and O–H groups in total. The molecule has 1 atom stereocenters. The Labute approximate surface area is 172 Å². The van der Waals surface area contributed by atoms with Gasteiger partial charge in [0, 0.05) is 6.07 Å². The van der Waals surface area contributed by atoms with Gasteiger partial charge in [0.15, 0.2) is 12.0 Å². The molecule has 7 nitrogen and oxygen atoms in total. The predicted octanol–water partition coefficient (Wildman–Crippen LogP) is 3.23. The van der Waals surface area contributed by atoms with E-state index < -0.39 is 18.5 Å². The number of para-hydroxylation sites is 1. The molecule has 154 valence electrons. The summed E-state index contributed by atoms with van der Waals surface area (Å²) in [5.41, 5.74) is 0.912. The van der Waals surface area contributed by atoms with Gasteiger partial charge in [0.25, 0.3) is 5.91 Å². The number of esters is 1. The molecule has 1 fully saturated rings. The van der Waals surface area contributed by atoms with Gasteiger partial charge in [-0.3, -0.25) is 9.59 Å². The van der Waals surface area contributed by atoms with Crippen LogP contribution in [0.4, 0.5) is 0 Å². The summed E-state index contributed by atoms with van der Waals surface area (Å²) in [7, 11) is 1.60. The number of methoxy groups -OCH3 is 1. The smallest absolute Gasteiger partial charge is 0.374 e. The summed E-state index contributed by atoms with van der Waals surface area (Å²) in [5, 5.41) is 3.30. The van der Waals surface area contributed by atoms with Gasteiger partial charge in [-0.1, -0.05) is 24.3 Å². The van der Waals surface area contributed by atoms with Crippen molar-refractivity contribution in [2.24, 2.45) is 5.92 Å². The summed E-state index contributed by atoms with van der Waals surface area (Å²) >= 11 is 0. The average Bonchev–Trinajstić information content (AvgIpc) is 3.61. The zero-order valence-electron chi connectivity index (χ0n) is 16.4. The van der Waals surface area contributed by atoms with Crippen LogP contribution >= 0.6 is 0 Å². The molecule has 30 heavy (non-hydrogen) atoms. The van der Waals surface area contributed by atoms with Crippen molar-refractivity contribution in [3.63, 3.8) is 0 Å². The summed E-state index contributed by atoms with van der Waals surface area (Å²) in [6.07, 6.45) is 2.05. The third-order valence-electron chi connectivity index (χ3n) is 5.05. The van der Waals surface area contributed by atoms with Crippen LogP contribution in [0.15, 0.2) is 63.8 Å². The lowest BCUT2D eigenvalue weighted by Gasteiger charge is -2.19.